The molecule has 26 heavy (non-hydrogen) atoms. The number of thiocarbonyl (C=S) groups is 1. The number of halogens is 1. The third-order valence-electron chi connectivity index (χ3n) is 4.33. The van der Waals surface area contributed by atoms with E-state index in [4.69, 9.17) is 33.0 Å². The van der Waals surface area contributed by atoms with Gasteiger partial charge in [0.05, 0.1) is 19.5 Å². The lowest BCUT2D eigenvalue weighted by Crippen LogP contribution is -2.39. The van der Waals surface area contributed by atoms with Crippen LogP contribution in [0.25, 0.3) is 0 Å². The van der Waals surface area contributed by atoms with Crippen molar-refractivity contribution in [2.75, 3.05) is 44.7 Å². The van der Waals surface area contributed by atoms with E-state index >= 15 is 0 Å². The Morgan fingerprint density at radius 1 is 1.19 bits per heavy atom. The van der Waals surface area contributed by atoms with Crippen LogP contribution in [0.4, 0.5) is 5.88 Å². The largest absolute Gasteiger partial charge is 0.449 e. The summed E-state index contributed by atoms with van der Waals surface area (Å²) in [6, 6.07) is 11.6. The Balaban J connectivity index is 1.57. The second-order valence-corrected chi connectivity index (χ2v) is 7.09. The molecule has 0 amide bonds. The maximum atomic E-state index is 6.00. The third-order valence-corrected chi connectivity index (χ3v) is 4.94. The first kappa shape index (κ1) is 19.2. The van der Waals surface area contributed by atoms with Gasteiger partial charge in [-0.1, -0.05) is 23.7 Å². The van der Waals surface area contributed by atoms with Crippen LogP contribution in [0, 0.1) is 0 Å². The molecule has 1 aliphatic heterocycles. The molecule has 2 heterocycles. The van der Waals surface area contributed by atoms with E-state index in [1.54, 1.807) is 6.26 Å². The summed E-state index contributed by atoms with van der Waals surface area (Å²) in [5.41, 5.74) is 1.17. The predicted molar refractivity (Wildman–Crippen MR) is 109 cm³/mol. The summed E-state index contributed by atoms with van der Waals surface area (Å²) in [6.45, 7) is 6.31. The Labute approximate surface area is 164 Å². The molecule has 0 unspecified atom stereocenters. The first-order chi connectivity index (χ1) is 12.7. The van der Waals surface area contributed by atoms with Gasteiger partial charge in [0.15, 0.2) is 11.0 Å². The van der Waals surface area contributed by atoms with Gasteiger partial charge in [-0.3, -0.25) is 4.90 Å². The van der Waals surface area contributed by atoms with Crippen molar-refractivity contribution in [1.29, 1.82) is 0 Å². The Kier molecular flexibility index (Phi) is 7.32. The van der Waals surface area contributed by atoms with Gasteiger partial charge in [0.25, 0.3) is 0 Å². The van der Waals surface area contributed by atoms with Gasteiger partial charge in [-0.15, -0.1) is 0 Å². The summed E-state index contributed by atoms with van der Waals surface area (Å²) in [6.07, 6.45) is 2.67. The molecule has 0 bridgehead atoms. The van der Waals surface area contributed by atoms with Crippen LogP contribution >= 0.6 is 23.8 Å². The van der Waals surface area contributed by atoms with Crippen LogP contribution < -0.4 is 5.32 Å². The predicted octanol–water partition coefficient (Wildman–Crippen LogP) is 3.85. The third kappa shape index (κ3) is 5.99. The molecule has 0 atom stereocenters. The molecule has 1 N–H and O–H groups in total. The summed E-state index contributed by atoms with van der Waals surface area (Å²) in [7, 11) is 0. The second-order valence-electron chi connectivity index (χ2n) is 6.26. The molecule has 0 aliphatic carbocycles. The fourth-order valence-corrected chi connectivity index (χ4v) is 3.29. The molecule has 3 rings (SSSR count). The lowest BCUT2D eigenvalue weighted by Gasteiger charge is -2.29. The van der Waals surface area contributed by atoms with Gasteiger partial charge in [-0.25, -0.2) is 0 Å². The highest BCUT2D eigenvalue weighted by atomic mass is 35.5. The number of nitrogens with zero attached hydrogens (tertiary/aromatic N) is 2. The number of hydrogen-bond acceptors (Lipinski definition) is 4. The van der Waals surface area contributed by atoms with E-state index in [1.165, 1.54) is 5.56 Å². The van der Waals surface area contributed by atoms with Crippen LogP contribution in [0.1, 0.15) is 12.0 Å². The Hall–Kier alpha value is -1.60. The standard InChI is InChI=1S/C19H24ClN3O2S/c20-17-6-4-16(5-7-17)15-23(19(26)21-18-3-1-12-25-18)9-2-8-22-10-13-24-14-11-22/h1,3-7,12H,2,8-11,13-15H2,(H,21,26). The van der Waals surface area contributed by atoms with Gasteiger partial charge >= 0.3 is 0 Å². The summed E-state index contributed by atoms with van der Waals surface area (Å²) < 4.78 is 10.8. The van der Waals surface area contributed by atoms with Gasteiger partial charge in [0, 0.05) is 43.8 Å². The van der Waals surface area contributed by atoms with Crippen LogP contribution in [-0.2, 0) is 11.3 Å². The second kappa shape index (κ2) is 9.92. The van der Waals surface area contributed by atoms with Crippen molar-refractivity contribution >= 4 is 34.8 Å². The Bertz CT molecular complexity index is 673. The van der Waals surface area contributed by atoms with Gasteiger partial charge in [-0.05, 0) is 42.4 Å². The molecule has 1 fully saturated rings. The highest BCUT2D eigenvalue weighted by molar-refractivity contribution is 7.80. The number of anilines is 1. The van der Waals surface area contributed by atoms with Crippen molar-refractivity contribution in [3.05, 3.63) is 53.2 Å². The summed E-state index contributed by atoms with van der Waals surface area (Å²) in [5.74, 6) is 0.657. The van der Waals surface area contributed by atoms with E-state index in [0.29, 0.717) is 11.0 Å². The average molecular weight is 394 g/mol. The maximum absolute atomic E-state index is 6.00. The van der Waals surface area contributed by atoms with E-state index in [0.717, 1.165) is 57.4 Å². The molecule has 1 saturated heterocycles. The molecule has 5 nitrogen and oxygen atoms in total. The molecule has 1 aromatic carbocycles. The smallest absolute Gasteiger partial charge is 0.198 e. The molecular weight excluding hydrogens is 370 g/mol. The van der Waals surface area contributed by atoms with Crippen molar-refractivity contribution in [2.45, 2.75) is 13.0 Å². The molecule has 2 aromatic rings. The first-order valence-electron chi connectivity index (χ1n) is 8.85. The minimum atomic E-state index is 0.657. The molecule has 1 aromatic heterocycles. The summed E-state index contributed by atoms with van der Waals surface area (Å²) >= 11 is 11.6. The molecule has 7 heteroatoms. The number of rotatable bonds is 7. The lowest BCUT2D eigenvalue weighted by atomic mass is 10.2. The topological polar surface area (TPSA) is 40.9 Å². The van der Waals surface area contributed by atoms with E-state index in [-0.39, 0.29) is 0 Å². The fourth-order valence-electron chi connectivity index (χ4n) is 2.91. The summed E-state index contributed by atoms with van der Waals surface area (Å²) in [5, 5.41) is 4.58. The number of morpholine rings is 1. The minimum Gasteiger partial charge on any atom is -0.449 e. The van der Waals surface area contributed by atoms with Crippen molar-refractivity contribution in [2.24, 2.45) is 0 Å². The van der Waals surface area contributed by atoms with Crippen LogP contribution in [0.15, 0.2) is 47.1 Å². The zero-order valence-corrected chi connectivity index (χ0v) is 16.3. The highest BCUT2D eigenvalue weighted by Crippen LogP contribution is 2.14. The van der Waals surface area contributed by atoms with Gasteiger partial charge < -0.3 is 19.4 Å². The zero-order chi connectivity index (χ0) is 18.2. The van der Waals surface area contributed by atoms with E-state index in [9.17, 15) is 0 Å². The van der Waals surface area contributed by atoms with Crippen molar-refractivity contribution < 1.29 is 9.15 Å². The fraction of sp³-hybridized carbons (Fsp3) is 0.421. The first-order valence-corrected chi connectivity index (χ1v) is 9.63. The van der Waals surface area contributed by atoms with Crippen LogP contribution in [0.2, 0.25) is 5.02 Å². The molecule has 140 valence electrons. The van der Waals surface area contributed by atoms with E-state index < -0.39 is 0 Å². The number of nitrogens with one attached hydrogen (secondary N) is 1. The average Bonchev–Trinajstić information content (AvgIpc) is 3.16. The molecule has 0 radical (unpaired) electrons. The number of hydrogen-bond donors (Lipinski definition) is 1. The minimum absolute atomic E-state index is 0.657. The Morgan fingerprint density at radius 2 is 1.96 bits per heavy atom. The lowest BCUT2D eigenvalue weighted by molar-refractivity contribution is 0.0368. The van der Waals surface area contributed by atoms with Gasteiger partial charge in [-0.2, -0.15) is 0 Å². The van der Waals surface area contributed by atoms with Crippen molar-refractivity contribution in [3.8, 4) is 0 Å². The monoisotopic (exact) mass is 393 g/mol. The van der Waals surface area contributed by atoms with Crippen molar-refractivity contribution in [3.63, 3.8) is 0 Å². The van der Waals surface area contributed by atoms with E-state index in [2.05, 4.69) is 15.1 Å². The number of benzene rings is 1. The van der Waals surface area contributed by atoms with Crippen LogP contribution in [0.5, 0.6) is 0 Å². The normalized spacial score (nSPS) is 15.0. The van der Waals surface area contributed by atoms with Crippen LogP contribution in [0.3, 0.4) is 0 Å². The van der Waals surface area contributed by atoms with Gasteiger partial charge in [0.1, 0.15) is 0 Å². The quantitative estimate of drug-likeness (QED) is 0.720. The van der Waals surface area contributed by atoms with Crippen LogP contribution in [-0.4, -0.2) is 54.3 Å². The van der Waals surface area contributed by atoms with E-state index in [1.807, 2.05) is 36.4 Å². The zero-order valence-electron chi connectivity index (χ0n) is 14.7. The highest BCUT2D eigenvalue weighted by Gasteiger charge is 2.14. The number of furan rings is 1. The summed E-state index contributed by atoms with van der Waals surface area (Å²) in [4.78, 5) is 4.61. The molecule has 0 saturated carbocycles. The molecular formula is C19H24ClN3O2S. The maximum Gasteiger partial charge on any atom is 0.198 e. The molecule has 0 spiro atoms. The SMILES string of the molecule is S=C(Nc1ccco1)N(CCCN1CCOCC1)Cc1ccc(Cl)cc1. The Morgan fingerprint density at radius 3 is 2.65 bits per heavy atom. The molecule has 1 aliphatic rings. The number of ether oxygens (including phenoxy) is 1. The van der Waals surface area contributed by atoms with Gasteiger partial charge in [0.2, 0.25) is 0 Å². The van der Waals surface area contributed by atoms with Crippen molar-refractivity contribution in [1.82, 2.24) is 9.80 Å².